The fourth-order valence-corrected chi connectivity index (χ4v) is 2.57. The topological polar surface area (TPSA) is 119 Å². The van der Waals surface area contributed by atoms with Gasteiger partial charge >= 0.3 is 5.97 Å². The van der Waals surface area contributed by atoms with Crippen LogP contribution in [0.2, 0.25) is 0 Å². The van der Waals surface area contributed by atoms with Crippen LogP contribution in [0, 0.1) is 0 Å². The fraction of sp³-hybridized carbons (Fsp3) is 0.100. The minimum Gasteiger partial charge on any atom is -0.481 e. The van der Waals surface area contributed by atoms with E-state index in [9.17, 15) is 9.59 Å². The first-order valence-corrected chi connectivity index (χ1v) is 5.49. The molecule has 0 spiro atoms. The van der Waals surface area contributed by atoms with Gasteiger partial charge in [-0.05, 0) is 11.6 Å². The number of carbonyl (C=O) groups is 2. The summed E-state index contributed by atoms with van der Waals surface area (Å²) < 4.78 is 0. The van der Waals surface area contributed by atoms with Crippen molar-refractivity contribution in [2.75, 3.05) is 5.73 Å². The van der Waals surface area contributed by atoms with E-state index < -0.39 is 11.9 Å². The molecule has 0 aromatic carbocycles. The second-order valence-electron chi connectivity index (χ2n) is 3.43. The lowest BCUT2D eigenvalue weighted by molar-refractivity contribution is -0.136. The molecule has 7 heteroatoms. The van der Waals surface area contributed by atoms with Gasteiger partial charge in [-0.2, -0.15) is 0 Å². The van der Waals surface area contributed by atoms with Crippen molar-refractivity contribution >= 4 is 39.1 Å². The maximum atomic E-state index is 11.1. The molecule has 0 atom stereocenters. The van der Waals surface area contributed by atoms with E-state index >= 15 is 0 Å². The Bertz CT molecular complexity index is 621. The number of hydrogen-bond acceptors (Lipinski definition) is 5. The molecule has 0 bridgehead atoms. The number of rotatable bonds is 3. The quantitative estimate of drug-likeness (QED) is 0.738. The third-order valence-corrected chi connectivity index (χ3v) is 3.41. The molecule has 0 radical (unpaired) electrons. The van der Waals surface area contributed by atoms with Crippen molar-refractivity contribution in [1.82, 2.24) is 4.98 Å². The number of carbonyl (C=O) groups excluding carboxylic acids is 1. The molecule has 2 aromatic rings. The van der Waals surface area contributed by atoms with Crippen molar-refractivity contribution < 1.29 is 14.7 Å². The summed E-state index contributed by atoms with van der Waals surface area (Å²) in [5.74, 6) is -1.60. The van der Waals surface area contributed by atoms with Gasteiger partial charge in [0.15, 0.2) is 0 Å². The highest BCUT2D eigenvalue weighted by atomic mass is 32.1. The van der Waals surface area contributed by atoms with E-state index in [0.29, 0.717) is 15.8 Å². The number of fused-ring (bicyclic) bond motifs is 1. The Balaban J connectivity index is 2.70. The van der Waals surface area contributed by atoms with Crippen LogP contribution >= 0.6 is 11.3 Å². The van der Waals surface area contributed by atoms with Gasteiger partial charge in [-0.25, -0.2) is 4.98 Å². The van der Waals surface area contributed by atoms with E-state index in [-0.39, 0.29) is 17.0 Å². The molecule has 17 heavy (non-hydrogen) atoms. The zero-order valence-corrected chi connectivity index (χ0v) is 9.45. The van der Waals surface area contributed by atoms with Crippen molar-refractivity contribution in [2.45, 2.75) is 6.42 Å². The van der Waals surface area contributed by atoms with Gasteiger partial charge in [0.05, 0.1) is 12.1 Å². The van der Waals surface area contributed by atoms with Crippen LogP contribution in [0.5, 0.6) is 0 Å². The summed E-state index contributed by atoms with van der Waals surface area (Å²) in [6.45, 7) is 0. The van der Waals surface area contributed by atoms with Gasteiger partial charge in [-0.1, -0.05) is 0 Å². The van der Waals surface area contributed by atoms with Crippen molar-refractivity contribution in [3.63, 3.8) is 0 Å². The number of pyridine rings is 1. The highest BCUT2D eigenvalue weighted by Crippen LogP contribution is 2.34. The first-order valence-electron chi connectivity index (χ1n) is 4.68. The fourth-order valence-electron chi connectivity index (χ4n) is 1.60. The van der Waals surface area contributed by atoms with E-state index in [1.807, 2.05) is 0 Å². The maximum Gasteiger partial charge on any atom is 0.307 e. The van der Waals surface area contributed by atoms with Gasteiger partial charge in [-0.3, -0.25) is 9.59 Å². The summed E-state index contributed by atoms with van der Waals surface area (Å²) >= 11 is 1.07. The minimum atomic E-state index is -0.969. The number of carboxylic acids is 1. The molecule has 0 saturated carbocycles. The van der Waals surface area contributed by atoms with Gasteiger partial charge in [0.2, 0.25) is 0 Å². The van der Waals surface area contributed by atoms with Crippen molar-refractivity contribution in [3.05, 3.63) is 22.7 Å². The Morgan fingerprint density at radius 2 is 2.18 bits per heavy atom. The summed E-state index contributed by atoms with van der Waals surface area (Å²) in [4.78, 5) is 26.6. The number of anilines is 1. The summed E-state index contributed by atoms with van der Waals surface area (Å²) in [6.07, 6.45) is 1.32. The van der Waals surface area contributed by atoms with Crippen molar-refractivity contribution in [3.8, 4) is 0 Å². The third-order valence-electron chi connectivity index (χ3n) is 2.28. The highest BCUT2D eigenvalue weighted by molar-refractivity contribution is 7.21. The second-order valence-corrected chi connectivity index (χ2v) is 4.43. The predicted octanol–water partition coefficient (Wildman–Crippen LogP) is 0.604. The molecule has 0 aliphatic heterocycles. The average Bonchev–Trinajstić information content (AvgIpc) is 2.56. The van der Waals surface area contributed by atoms with Gasteiger partial charge in [0.25, 0.3) is 5.91 Å². The monoisotopic (exact) mass is 251 g/mol. The third kappa shape index (κ3) is 1.92. The number of nitrogens with zero attached hydrogens (tertiary/aromatic N) is 1. The first-order chi connectivity index (χ1) is 8.00. The lowest BCUT2D eigenvalue weighted by Gasteiger charge is -2.00. The van der Waals surface area contributed by atoms with Crippen LogP contribution in [0.15, 0.2) is 12.3 Å². The molecule has 2 rings (SSSR count). The molecule has 88 valence electrons. The molecule has 0 aliphatic rings. The number of aromatic nitrogens is 1. The summed E-state index contributed by atoms with van der Waals surface area (Å²) in [7, 11) is 0. The molecule has 2 aromatic heterocycles. The molecule has 0 fully saturated rings. The van der Waals surface area contributed by atoms with E-state index in [4.69, 9.17) is 16.6 Å². The summed E-state index contributed by atoms with van der Waals surface area (Å²) in [5.41, 5.74) is 11.7. The van der Waals surface area contributed by atoms with E-state index in [2.05, 4.69) is 4.98 Å². The SMILES string of the molecule is NC(=O)c1sc2nccc(CC(=O)O)c2c1N. The van der Waals surface area contributed by atoms with Crippen LogP contribution in [0.25, 0.3) is 10.2 Å². The van der Waals surface area contributed by atoms with Gasteiger partial charge in [-0.15, -0.1) is 11.3 Å². The molecular formula is C10H9N3O3S. The number of aliphatic carboxylic acids is 1. The maximum absolute atomic E-state index is 11.1. The lowest BCUT2D eigenvalue weighted by atomic mass is 10.1. The number of hydrogen-bond donors (Lipinski definition) is 3. The van der Waals surface area contributed by atoms with Crippen LogP contribution in [0.3, 0.4) is 0 Å². The minimum absolute atomic E-state index is 0.168. The Morgan fingerprint density at radius 1 is 1.47 bits per heavy atom. The van der Waals surface area contributed by atoms with Gasteiger partial charge in [0.1, 0.15) is 9.71 Å². The highest BCUT2D eigenvalue weighted by Gasteiger charge is 2.18. The normalized spacial score (nSPS) is 10.6. The number of primary amides is 1. The van der Waals surface area contributed by atoms with Crippen molar-refractivity contribution in [2.24, 2.45) is 5.73 Å². The van der Waals surface area contributed by atoms with E-state index in [0.717, 1.165) is 11.3 Å². The zero-order chi connectivity index (χ0) is 12.6. The first kappa shape index (κ1) is 11.3. The molecule has 1 amide bonds. The van der Waals surface area contributed by atoms with Crippen LogP contribution in [0.1, 0.15) is 15.2 Å². The molecular weight excluding hydrogens is 242 g/mol. The van der Waals surface area contributed by atoms with E-state index in [1.165, 1.54) is 6.20 Å². The molecule has 6 nitrogen and oxygen atoms in total. The summed E-state index contributed by atoms with van der Waals surface area (Å²) in [6, 6.07) is 1.57. The zero-order valence-electron chi connectivity index (χ0n) is 8.64. The number of thiophene rings is 1. The number of carboxylic acid groups (broad SMARTS) is 1. The standard InChI is InChI=1S/C10H9N3O3S/c11-7-6-4(3-5(14)15)1-2-13-10(6)17-8(7)9(12)16/h1-2H,3,11H2,(H2,12,16)(H,14,15). The summed E-state index contributed by atoms with van der Waals surface area (Å²) in [5, 5.41) is 9.29. The number of nitrogens with two attached hydrogens (primary N) is 2. The second kappa shape index (κ2) is 4.02. The number of nitrogen functional groups attached to an aromatic ring is 1. The smallest absolute Gasteiger partial charge is 0.307 e. The predicted molar refractivity (Wildman–Crippen MR) is 63.9 cm³/mol. The van der Waals surface area contributed by atoms with E-state index in [1.54, 1.807) is 6.07 Å². The largest absolute Gasteiger partial charge is 0.481 e. The Kier molecular flexibility index (Phi) is 2.68. The molecule has 5 N–H and O–H groups in total. The Labute approximate surface area is 99.9 Å². The molecule has 0 aliphatic carbocycles. The Hall–Kier alpha value is -2.15. The van der Waals surface area contributed by atoms with Gasteiger partial charge < -0.3 is 16.6 Å². The van der Waals surface area contributed by atoms with Crippen LogP contribution in [0.4, 0.5) is 5.69 Å². The average molecular weight is 251 g/mol. The van der Waals surface area contributed by atoms with Crippen molar-refractivity contribution in [1.29, 1.82) is 0 Å². The number of amides is 1. The lowest BCUT2D eigenvalue weighted by Crippen LogP contribution is -2.11. The van der Waals surface area contributed by atoms with Gasteiger partial charge in [0, 0.05) is 11.6 Å². The van der Waals surface area contributed by atoms with Crippen LogP contribution < -0.4 is 11.5 Å². The molecule has 0 unspecified atom stereocenters. The van der Waals surface area contributed by atoms with Crippen LogP contribution in [-0.2, 0) is 11.2 Å². The molecule has 0 saturated heterocycles. The van der Waals surface area contributed by atoms with Crippen LogP contribution in [-0.4, -0.2) is 22.0 Å². The Morgan fingerprint density at radius 3 is 2.76 bits per heavy atom. The molecule has 2 heterocycles.